The predicted molar refractivity (Wildman–Crippen MR) is 34.3 cm³/mol. The smallest absolute Gasteiger partial charge is 0.0999 e. The van der Waals surface area contributed by atoms with Crippen LogP contribution in [0.25, 0.3) is 0 Å². The molecule has 0 bridgehead atoms. The molecule has 0 radical (unpaired) electrons. The average molecular weight is 114 g/mol. The molecule has 8 heavy (non-hydrogen) atoms. The summed E-state index contributed by atoms with van der Waals surface area (Å²) in [7, 11) is 0. The minimum Gasteiger partial charge on any atom is -0.212 e. The standard InChI is InChI=1S/C7H11F/c1-4-7(8)5-6(2)3/h5H,2,4H2,1,3H3. The first-order valence-corrected chi connectivity index (χ1v) is 2.68. The van der Waals surface area contributed by atoms with Gasteiger partial charge in [-0.3, -0.25) is 0 Å². The molecule has 0 aliphatic heterocycles. The van der Waals surface area contributed by atoms with Crippen molar-refractivity contribution in [2.24, 2.45) is 0 Å². The van der Waals surface area contributed by atoms with Crippen LogP contribution in [0.3, 0.4) is 0 Å². The topological polar surface area (TPSA) is 0 Å². The third kappa shape index (κ3) is 3.59. The van der Waals surface area contributed by atoms with Crippen molar-refractivity contribution in [3.05, 3.63) is 24.1 Å². The number of rotatable bonds is 2. The van der Waals surface area contributed by atoms with Gasteiger partial charge in [0.1, 0.15) is 0 Å². The molecule has 0 unspecified atom stereocenters. The molecule has 0 nitrogen and oxygen atoms in total. The molecule has 0 aliphatic carbocycles. The summed E-state index contributed by atoms with van der Waals surface area (Å²) < 4.78 is 12.2. The minimum absolute atomic E-state index is 0.0995. The van der Waals surface area contributed by atoms with Gasteiger partial charge in [0.25, 0.3) is 0 Å². The maximum Gasteiger partial charge on any atom is 0.0999 e. The predicted octanol–water partition coefficient (Wildman–Crippen LogP) is 2.83. The van der Waals surface area contributed by atoms with Crippen LogP contribution < -0.4 is 0 Å². The van der Waals surface area contributed by atoms with E-state index in [0.29, 0.717) is 6.42 Å². The molecule has 0 heterocycles. The highest BCUT2D eigenvalue weighted by Crippen LogP contribution is 2.04. The Hall–Kier alpha value is -0.590. The van der Waals surface area contributed by atoms with Crippen LogP contribution in [0, 0.1) is 0 Å². The Morgan fingerprint density at radius 2 is 2.25 bits per heavy atom. The second kappa shape index (κ2) is 3.42. The molecular weight excluding hydrogens is 103 g/mol. The van der Waals surface area contributed by atoms with Crippen LogP contribution >= 0.6 is 0 Å². The van der Waals surface area contributed by atoms with Crippen molar-refractivity contribution >= 4 is 0 Å². The molecule has 0 fully saturated rings. The van der Waals surface area contributed by atoms with E-state index in [0.717, 1.165) is 5.57 Å². The Morgan fingerprint density at radius 1 is 1.75 bits per heavy atom. The minimum atomic E-state index is -0.0995. The van der Waals surface area contributed by atoms with E-state index < -0.39 is 0 Å². The Balaban J connectivity index is 3.75. The van der Waals surface area contributed by atoms with Crippen LogP contribution in [-0.2, 0) is 0 Å². The molecule has 0 saturated carbocycles. The molecule has 0 atom stereocenters. The van der Waals surface area contributed by atoms with E-state index in [2.05, 4.69) is 6.58 Å². The summed E-state index contributed by atoms with van der Waals surface area (Å²) in [6, 6.07) is 0. The molecule has 0 aromatic heterocycles. The number of allylic oxidation sites excluding steroid dienone is 3. The van der Waals surface area contributed by atoms with Crippen molar-refractivity contribution in [2.45, 2.75) is 20.3 Å². The zero-order valence-corrected chi connectivity index (χ0v) is 5.37. The normalized spacial score (nSPS) is 11.6. The average Bonchev–Trinajstić information content (AvgIpc) is 1.65. The van der Waals surface area contributed by atoms with Crippen LogP contribution in [0.15, 0.2) is 24.1 Å². The van der Waals surface area contributed by atoms with Gasteiger partial charge in [-0.2, -0.15) is 0 Å². The van der Waals surface area contributed by atoms with Crippen molar-refractivity contribution in [3.8, 4) is 0 Å². The lowest BCUT2D eigenvalue weighted by atomic mass is 10.3. The van der Waals surface area contributed by atoms with Gasteiger partial charge in [0.2, 0.25) is 0 Å². The van der Waals surface area contributed by atoms with E-state index in [1.807, 2.05) is 0 Å². The third-order valence-corrected chi connectivity index (χ3v) is 0.741. The number of hydrogen-bond acceptors (Lipinski definition) is 0. The van der Waals surface area contributed by atoms with Gasteiger partial charge in [0, 0.05) is 0 Å². The summed E-state index contributed by atoms with van der Waals surface area (Å²) in [5, 5.41) is 0. The zero-order chi connectivity index (χ0) is 6.57. The van der Waals surface area contributed by atoms with Crippen molar-refractivity contribution in [2.75, 3.05) is 0 Å². The third-order valence-electron chi connectivity index (χ3n) is 0.741. The quantitative estimate of drug-likeness (QED) is 0.484. The van der Waals surface area contributed by atoms with E-state index in [4.69, 9.17) is 0 Å². The first kappa shape index (κ1) is 7.41. The van der Waals surface area contributed by atoms with E-state index in [1.165, 1.54) is 6.08 Å². The monoisotopic (exact) mass is 114 g/mol. The highest BCUT2D eigenvalue weighted by atomic mass is 19.1. The molecule has 46 valence electrons. The summed E-state index contributed by atoms with van der Waals surface area (Å²) in [5.74, 6) is -0.0995. The largest absolute Gasteiger partial charge is 0.212 e. The summed E-state index contributed by atoms with van der Waals surface area (Å²) >= 11 is 0. The molecule has 0 aliphatic rings. The molecule has 0 rings (SSSR count). The van der Waals surface area contributed by atoms with Crippen LogP contribution in [0.5, 0.6) is 0 Å². The van der Waals surface area contributed by atoms with Crippen molar-refractivity contribution in [3.63, 3.8) is 0 Å². The molecule has 0 N–H and O–H groups in total. The van der Waals surface area contributed by atoms with Crippen molar-refractivity contribution in [1.29, 1.82) is 0 Å². The summed E-state index contributed by atoms with van der Waals surface area (Å²) in [6.45, 7) is 7.07. The van der Waals surface area contributed by atoms with E-state index >= 15 is 0 Å². The van der Waals surface area contributed by atoms with Crippen molar-refractivity contribution in [1.82, 2.24) is 0 Å². The van der Waals surface area contributed by atoms with Gasteiger partial charge in [-0.15, -0.1) is 0 Å². The lowest BCUT2D eigenvalue weighted by Crippen LogP contribution is -1.68. The highest BCUT2D eigenvalue weighted by Gasteiger charge is 1.85. The summed E-state index contributed by atoms with van der Waals surface area (Å²) in [4.78, 5) is 0. The fourth-order valence-electron chi connectivity index (χ4n) is 0.369. The Bertz CT molecular complexity index is 112. The number of hydrogen-bond donors (Lipinski definition) is 0. The first-order chi connectivity index (χ1) is 3.66. The van der Waals surface area contributed by atoms with Crippen molar-refractivity contribution < 1.29 is 4.39 Å². The first-order valence-electron chi connectivity index (χ1n) is 2.68. The van der Waals surface area contributed by atoms with E-state index in [9.17, 15) is 4.39 Å². The maximum atomic E-state index is 12.2. The van der Waals surface area contributed by atoms with Gasteiger partial charge in [0.05, 0.1) is 5.83 Å². The van der Waals surface area contributed by atoms with Gasteiger partial charge in [-0.1, -0.05) is 19.1 Å². The maximum absolute atomic E-state index is 12.2. The second-order valence-electron chi connectivity index (χ2n) is 1.79. The van der Waals surface area contributed by atoms with Gasteiger partial charge in [0.15, 0.2) is 0 Å². The van der Waals surface area contributed by atoms with Crippen LogP contribution in [0.2, 0.25) is 0 Å². The molecule has 0 amide bonds. The Morgan fingerprint density at radius 3 is 2.38 bits per heavy atom. The van der Waals surface area contributed by atoms with Gasteiger partial charge in [-0.25, -0.2) is 4.39 Å². The highest BCUT2D eigenvalue weighted by molar-refractivity contribution is 5.13. The lowest BCUT2D eigenvalue weighted by molar-refractivity contribution is 0.603. The van der Waals surface area contributed by atoms with Crippen LogP contribution in [0.4, 0.5) is 4.39 Å². The number of halogens is 1. The van der Waals surface area contributed by atoms with Gasteiger partial charge in [-0.05, 0) is 19.4 Å². The molecular formula is C7H11F. The Kier molecular flexibility index (Phi) is 3.16. The summed E-state index contributed by atoms with van der Waals surface area (Å²) in [6.07, 6.45) is 1.91. The fourth-order valence-corrected chi connectivity index (χ4v) is 0.369. The summed E-state index contributed by atoms with van der Waals surface area (Å²) in [5.41, 5.74) is 0.768. The Labute approximate surface area is 49.7 Å². The fraction of sp³-hybridized carbons (Fsp3) is 0.429. The SMILES string of the molecule is C=C(C)C=C(F)CC. The van der Waals surface area contributed by atoms with Crippen LogP contribution in [0.1, 0.15) is 20.3 Å². The van der Waals surface area contributed by atoms with E-state index in [1.54, 1.807) is 13.8 Å². The van der Waals surface area contributed by atoms with Gasteiger partial charge < -0.3 is 0 Å². The molecule has 0 saturated heterocycles. The van der Waals surface area contributed by atoms with E-state index in [-0.39, 0.29) is 5.83 Å². The zero-order valence-electron chi connectivity index (χ0n) is 5.37. The lowest BCUT2D eigenvalue weighted by Gasteiger charge is -1.87. The molecule has 1 heteroatoms. The molecule has 0 aromatic carbocycles. The second-order valence-corrected chi connectivity index (χ2v) is 1.79. The van der Waals surface area contributed by atoms with Gasteiger partial charge >= 0.3 is 0 Å². The molecule has 0 aromatic rings. The molecule has 0 spiro atoms. The van der Waals surface area contributed by atoms with Crippen LogP contribution in [-0.4, -0.2) is 0 Å².